The van der Waals surface area contributed by atoms with Crippen LogP contribution in [0.2, 0.25) is 10.0 Å². The molecule has 0 aliphatic heterocycles. The molecule has 1 aromatic carbocycles. The maximum absolute atomic E-state index is 12.1. The highest BCUT2D eigenvalue weighted by Gasteiger charge is 2.14. The Morgan fingerprint density at radius 3 is 2.87 bits per heavy atom. The number of H-pyrrole nitrogens is 1. The monoisotopic (exact) mass is 348 g/mol. The molecule has 0 unspecified atom stereocenters. The predicted octanol–water partition coefficient (Wildman–Crippen LogP) is 2.45. The summed E-state index contributed by atoms with van der Waals surface area (Å²) in [5, 5.41) is 16.9. The third-order valence-corrected chi connectivity index (χ3v) is 3.98. The van der Waals surface area contributed by atoms with E-state index in [1.165, 1.54) is 4.68 Å². The van der Waals surface area contributed by atoms with Crippen molar-refractivity contribution in [2.45, 2.75) is 6.54 Å². The van der Waals surface area contributed by atoms with Crippen molar-refractivity contribution in [2.75, 3.05) is 5.32 Å². The van der Waals surface area contributed by atoms with Gasteiger partial charge in [0, 0.05) is 13.6 Å². The first kappa shape index (κ1) is 15.3. The summed E-state index contributed by atoms with van der Waals surface area (Å²) in [5.74, 6) is 0.248. The molecule has 0 spiro atoms. The minimum atomic E-state index is -0.372. The van der Waals surface area contributed by atoms with Crippen molar-refractivity contribution >= 4 is 40.2 Å². The quantitative estimate of drug-likeness (QED) is 0.757. The van der Waals surface area contributed by atoms with Crippen LogP contribution in [0.3, 0.4) is 0 Å². The number of rotatable bonds is 3. The zero-order chi connectivity index (χ0) is 16.6. The highest BCUT2D eigenvalue weighted by Crippen LogP contribution is 2.23. The molecule has 2 N–H and O–H groups in total. The van der Waals surface area contributed by atoms with E-state index in [2.05, 4.69) is 20.4 Å². The molecule has 0 fully saturated rings. The van der Waals surface area contributed by atoms with Crippen molar-refractivity contribution in [1.82, 2.24) is 19.7 Å². The van der Waals surface area contributed by atoms with E-state index >= 15 is 0 Å². The number of hydrogen-bond acceptors (Lipinski definition) is 5. The SMILES string of the molecule is Cn1nc(C#N)c2nc(NCc3ccc(Cl)c(Cl)c3)[nH]c(=O)c21. The van der Waals surface area contributed by atoms with Crippen LogP contribution < -0.4 is 10.9 Å². The Bertz CT molecular complexity index is 1000. The third-order valence-electron chi connectivity index (χ3n) is 3.24. The Labute approximate surface area is 140 Å². The number of benzene rings is 1. The van der Waals surface area contributed by atoms with Crippen LogP contribution in [0.1, 0.15) is 11.3 Å². The van der Waals surface area contributed by atoms with E-state index in [-0.39, 0.29) is 28.2 Å². The average Bonchev–Trinajstić information content (AvgIpc) is 2.85. The number of nitrogens with one attached hydrogen (secondary N) is 2. The molecule has 116 valence electrons. The molecule has 0 aliphatic rings. The van der Waals surface area contributed by atoms with Crippen molar-refractivity contribution in [3.05, 3.63) is 49.9 Å². The maximum atomic E-state index is 12.1. The van der Waals surface area contributed by atoms with Gasteiger partial charge < -0.3 is 5.32 Å². The number of aromatic amines is 1. The molecule has 0 saturated carbocycles. The molecule has 2 aromatic heterocycles. The van der Waals surface area contributed by atoms with Gasteiger partial charge in [-0.25, -0.2) is 4.98 Å². The highest BCUT2D eigenvalue weighted by molar-refractivity contribution is 6.42. The number of aryl methyl sites for hydroxylation is 1. The van der Waals surface area contributed by atoms with Crippen LogP contribution in [0.5, 0.6) is 0 Å². The molecule has 0 amide bonds. The lowest BCUT2D eigenvalue weighted by Crippen LogP contribution is -2.15. The number of halogens is 2. The molecule has 23 heavy (non-hydrogen) atoms. The van der Waals surface area contributed by atoms with Crippen LogP contribution >= 0.6 is 23.2 Å². The van der Waals surface area contributed by atoms with Gasteiger partial charge in [0.2, 0.25) is 5.95 Å². The van der Waals surface area contributed by atoms with Gasteiger partial charge in [0.25, 0.3) is 5.56 Å². The standard InChI is InChI=1S/C14H10Cl2N6O/c1-22-12-11(10(5-17)21-22)19-14(20-13(12)23)18-6-7-2-3-8(15)9(16)4-7/h2-4H,6H2,1H3,(H2,18,19,20,23). The second-order valence-electron chi connectivity index (χ2n) is 4.80. The van der Waals surface area contributed by atoms with Crippen LogP contribution in [-0.2, 0) is 13.6 Å². The van der Waals surface area contributed by atoms with Gasteiger partial charge in [-0.15, -0.1) is 0 Å². The van der Waals surface area contributed by atoms with E-state index in [9.17, 15) is 4.79 Å². The zero-order valence-corrected chi connectivity index (χ0v) is 13.4. The van der Waals surface area contributed by atoms with Crippen molar-refractivity contribution in [3.63, 3.8) is 0 Å². The Hall–Kier alpha value is -2.56. The summed E-state index contributed by atoms with van der Waals surface area (Å²) in [5.41, 5.74) is 1.11. The first-order valence-electron chi connectivity index (χ1n) is 6.54. The molecule has 9 heteroatoms. The lowest BCUT2D eigenvalue weighted by atomic mass is 10.2. The minimum Gasteiger partial charge on any atom is -0.352 e. The summed E-state index contributed by atoms with van der Waals surface area (Å²) < 4.78 is 1.34. The molecule has 0 bridgehead atoms. The van der Waals surface area contributed by atoms with E-state index in [0.29, 0.717) is 16.6 Å². The Morgan fingerprint density at radius 2 is 2.17 bits per heavy atom. The Morgan fingerprint density at radius 1 is 1.39 bits per heavy atom. The maximum Gasteiger partial charge on any atom is 0.278 e. The van der Waals surface area contributed by atoms with E-state index in [4.69, 9.17) is 28.5 Å². The second kappa shape index (κ2) is 5.91. The summed E-state index contributed by atoms with van der Waals surface area (Å²) >= 11 is 11.8. The number of aromatic nitrogens is 4. The summed E-state index contributed by atoms with van der Waals surface area (Å²) in [6.07, 6.45) is 0. The summed E-state index contributed by atoms with van der Waals surface area (Å²) in [6.45, 7) is 0.382. The largest absolute Gasteiger partial charge is 0.352 e. The van der Waals surface area contributed by atoms with Crippen LogP contribution in [-0.4, -0.2) is 19.7 Å². The van der Waals surface area contributed by atoms with Gasteiger partial charge in [0.1, 0.15) is 11.6 Å². The molecule has 0 saturated heterocycles. The van der Waals surface area contributed by atoms with Gasteiger partial charge in [-0.2, -0.15) is 10.4 Å². The van der Waals surface area contributed by atoms with Gasteiger partial charge >= 0.3 is 0 Å². The average molecular weight is 349 g/mol. The fraction of sp³-hybridized carbons (Fsp3) is 0.143. The first-order chi connectivity index (χ1) is 11.0. The van der Waals surface area contributed by atoms with Crippen LogP contribution in [0, 0.1) is 11.3 Å². The molecule has 3 rings (SSSR count). The van der Waals surface area contributed by atoms with Crippen molar-refractivity contribution in [1.29, 1.82) is 5.26 Å². The number of hydrogen-bond donors (Lipinski definition) is 2. The van der Waals surface area contributed by atoms with Crippen molar-refractivity contribution in [2.24, 2.45) is 7.05 Å². The highest BCUT2D eigenvalue weighted by atomic mass is 35.5. The van der Waals surface area contributed by atoms with Crippen molar-refractivity contribution in [3.8, 4) is 6.07 Å². The molecule has 2 heterocycles. The fourth-order valence-corrected chi connectivity index (χ4v) is 2.49. The third kappa shape index (κ3) is 2.86. The first-order valence-corrected chi connectivity index (χ1v) is 7.30. The number of nitriles is 1. The van der Waals surface area contributed by atoms with Gasteiger partial charge in [-0.3, -0.25) is 14.5 Å². The molecule has 0 radical (unpaired) electrons. The smallest absolute Gasteiger partial charge is 0.278 e. The zero-order valence-electron chi connectivity index (χ0n) is 11.9. The number of anilines is 1. The Balaban J connectivity index is 1.93. The van der Waals surface area contributed by atoms with Gasteiger partial charge in [-0.1, -0.05) is 29.3 Å². The molecule has 0 atom stereocenters. The number of nitrogens with zero attached hydrogens (tertiary/aromatic N) is 4. The Kier molecular flexibility index (Phi) is 3.94. The fourth-order valence-electron chi connectivity index (χ4n) is 2.17. The summed E-state index contributed by atoms with van der Waals surface area (Å²) in [7, 11) is 1.59. The van der Waals surface area contributed by atoms with Crippen molar-refractivity contribution < 1.29 is 0 Å². The van der Waals surface area contributed by atoms with Gasteiger partial charge in [0.05, 0.1) is 10.0 Å². The van der Waals surface area contributed by atoms with Crippen LogP contribution in [0.25, 0.3) is 11.0 Å². The van der Waals surface area contributed by atoms with Gasteiger partial charge in [-0.05, 0) is 17.7 Å². The molecular formula is C14H10Cl2N6O. The number of fused-ring (bicyclic) bond motifs is 1. The summed E-state index contributed by atoms with van der Waals surface area (Å²) in [4.78, 5) is 19.0. The predicted molar refractivity (Wildman–Crippen MR) is 87.6 cm³/mol. The summed E-state index contributed by atoms with van der Waals surface area (Å²) in [6, 6.07) is 7.14. The topological polar surface area (TPSA) is 99.4 Å². The normalized spacial score (nSPS) is 10.7. The second-order valence-corrected chi connectivity index (χ2v) is 5.61. The van der Waals surface area contributed by atoms with E-state index in [0.717, 1.165) is 5.56 Å². The van der Waals surface area contributed by atoms with E-state index < -0.39 is 0 Å². The molecular weight excluding hydrogens is 339 g/mol. The van der Waals surface area contributed by atoms with Crippen LogP contribution in [0.4, 0.5) is 5.95 Å². The molecule has 3 aromatic rings. The van der Waals surface area contributed by atoms with Crippen LogP contribution in [0.15, 0.2) is 23.0 Å². The van der Waals surface area contributed by atoms with E-state index in [1.54, 1.807) is 19.2 Å². The lowest BCUT2D eigenvalue weighted by Gasteiger charge is -2.06. The lowest BCUT2D eigenvalue weighted by molar-refractivity contribution is 0.786. The van der Waals surface area contributed by atoms with E-state index in [1.807, 2.05) is 12.1 Å². The minimum absolute atomic E-state index is 0.103. The molecule has 7 nitrogen and oxygen atoms in total. The van der Waals surface area contributed by atoms with Gasteiger partial charge in [0.15, 0.2) is 11.2 Å². The molecule has 0 aliphatic carbocycles.